The first-order valence-electron chi connectivity index (χ1n) is 7.57. The Balaban J connectivity index is 4.05. The fourth-order valence-corrected chi connectivity index (χ4v) is 2.37. The molecule has 0 spiro atoms. The Hall–Kier alpha value is -0.160. The SMILES string of the molecule is CCC(CO)(CCCN(C)CCN(C)C)NC(C)C. The van der Waals surface area contributed by atoms with Crippen LogP contribution in [0.25, 0.3) is 0 Å². The lowest BCUT2D eigenvalue weighted by Gasteiger charge is -2.35. The van der Waals surface area contributed by atoms with Gasteiger partial charge in [0.25, 0.3) is 0 Å². The highest BCUT2D eigenvalue weighted by Gasteiger charge is 2.27. The maximum Gasteiger partial charge on any atom is 0.0613 e. The molecule has 0 fully saturated rings. The van der Waals surface area contributed by atoms with Crippen LogP contribution in [0, 0.1) is 0 Å². The molecular weight excluding hydrogens is 238 g/mol. The molecule has 0 rings (SSSR count). The van der Waals surface area contributed by atoms with E-state index in [2.05, 4.69) is 57.0 Å². The summed E-state index contributed by atoms with van der Waals surface area (Å²) in [5.41, 5.74) is -0.101. The molecule has 0 aliphatic carbocycles. The summed E-state index contributed by atoms with van der Waals surface area (Å²) in [7, 11) is 6.38. The third-order valence-corrected chi connectivity index (χ3v) is 3.70. The molecule has 1 atom stereocenters. The summed E-state index contributed by atoms with van der Waals surface area (Å²) in [6, 6.07) is 0.415. The highest BCUT2D eigenvalue weighted by atomic mass is 16.3. The second kappa shape index (κ2) is 9.70. The van der Waals surface area contributed by atoms with E-state index in [9.17, 15) is 5.11 Å². The minimum Gasteiger partial charge on any atom is -0.394 e. The van der Waals surface area contributed by atoms with Gasteiger partial charge in [0.1, 0.15) is 0 Å². The summed E-state index contributed by atoms with van der Waals surface area (Å²) in [6.07, 6.45) is 3.13. The van der Waals surface area contributed by atoms with Crippen LogP contribution in [0.4, 0.5) is 0 Å². The van der Waals surface area contributed by atoms with Gasteiger partial charge in [-0.3, -0.25) is 0 Å². The molecule has 1 unspecified atom stereocenters. The molecule has 0 aromatic heterocycles. The third kappa shape index (κ3) is 8.58. The monoisotopic (exact) mass is 273 g/mol. The minimum atomic E-state index is -0.101. The summed E-state index contributed by atoms with van der Waals surface area (Å²) in [6.45, 7) is 9.95. The van der Waals surface area contributed by atoms with E-state index in [1.165, 1.54) is 0 Å². The van der Waals surface area contributed by atoms with Gasteiger partial charge < -0.3 is 20.2 Å². The summed E-state index contributed by atoms with van der Waals surface area (Å²) >= 11 is 0. The molecule has 0 saturated heterocycles. The molecule has 116 valence electrons. The second-order valence-corrected chi connectivity index (χ2v) is 6.30. The highest BCUT2D eigenvalue weighted by Crippen LogP contribution is 2.18. The van der Waals surface area contributed by atoms with E-state index in [0.29, 0.717) is 6.04 Å². The van der Waals surface area contributed by atoms with Crippen LogP contribution in [0.15, 0.2) is 0 Å². The zero-order valence-corrected chi connectivity index (χ0v) is 13.9. The molecule has 0 bridgehead atoms. The number of nitrogens with one attached hydrogen (secondary N) is 1. The van der Waals surface area contributed by atoms with E-state index in [4.69, 9.17) is 0 Å². The van der Waals surface area contributed by atoms with Gasteiger partial charge in [-0.1, -0.05) is 20.8 Å². The molecule has 0 aliphatic rings. The van der Waals surface area contributed by atoms with Gasteiger partial charge in [-0.2, -0.15) is 0 Å². The maximum absolute atomic E-state index is 9.68. The first kappa shape index (κ1) is 18.8. The first-order chi connectivity index (χ1) is 8.85. The van der Waals surface area contributed by atoms with Gasteiger partial charge in [0.15, 0.2) is 0 Å². The van der Waals surface area contributed by atoms with Crippen molar-refractivity contribution in [3.63, 3.8) is 0 Å². The van der Waals surface area contributed by atoms with Gasteiger partial charge in [0, 0.05) is 24.7 Å². The van der Waals surface area contributed by atoms with E-state index >= 15 is 0 Å². The maximum atomic E-state index is 9.68. The molecule has 0 saturated carbocycles. The molecular formula is C15H35N3O. The Bertz CT molecular complexity index is 215. The molecule has 0 aromatic carbocycles. The number of aliphatic hydroxyl groups is 1. The van der Waals surface area contributed by atoms with Crippen LogP contribution < -0.4 is 5.32 Å². The van der Waals surface area contributed by atoms with Gasteiger partial charge in [0.2, 0.25) is 0 Å². The van der Waals surface area contributed by atoms with Crippen LogP contribution in [0.5, 0.6) is 0 Å². The van der Waals surface area contributed by atoms with Crippen LogP contribution in [-0.4, -0.2) is 73.9 Å². The van der Waals surface area contributed by atoms with Gasteiger partial charge in [-0.15, -0.1) is 0 Å². The van der Waals surface area contributed by atoms with Crippen LogP contribution in [0.3, 0.4) is 0 Å². The lowest BCUT2D eigenvalue weighted by atomic mass is 9.90. The average molecular weight is 273 g/mol. The van der Waals surface area contributed by atoms with Crippen LogP contribution >= 0.6 is 0 Å². The van der Waals surface area contributed by atoms with Crippen molar-refractivity contribution in [2.24, 2.45) is 0 Å². The average Bonchev–Trinajstić information content (AvgIpc) is 2.34. The zero-order valence-electron chi connectivity index (χ0n) is 13.9. The van der Waals surface area contributed by atoms with E-state index < -0.39 is 0 Å². The van der Waals surface area contributed by atoms with Crippen LogP contribution in [-0.2, 0) is 0 Å². The van der Waals surface area contributed by atoms with Gasteiger partial charge in [0.05, 0.1) is 6.61 Å². The van der Waals surface area contributed by atoms with Crippen LogP contribution in [0.2, 0.25) is 0 Å². The Labute approximate surface area is 120 Å². The molecule has 0 aliphatic heterocycles. The number of hydrogen-bond donors (Lipinski definition) is 2. The topological polar surface area (TPSA) is 38.7 Å². The van der Waals surface area contributed by atoms with Gasteiger partial charge in [-0.25, -0.2) is 0 Å². The van der Waals surface area contributed by atoms with E-state index in [-0.39, 0.29) is 12.1 Å². The lowest BCUT2D eigenvalue weighted by molar-refractivity contribution is 0.131. The zero-order chi connectivity index (χ0) is 14.9. The van der Waals surface area contributed by atoms with Crippen molar-refractivity contribution in [3.05, 3.63) is 0 Å². The molecule has 0 heterocycles. The minimum absolute atomic E-state index is 0.101. The molecule has 0 radical (unpaired) electrons. The van der Waals surface area contributed by atoms with Crippen molar-refractivity contribution in [1.82, 2.24) is 15.1 Å². The molecule has 4 nitrogen and oxygen atoms in total. The Kier molecular flexibility index (Phi) is 9.62. The standard InChI is InChI=1S/C15H35N3O/c1-7-15(13-19,16-14(2)3)9-8-10-18(6)12-11-17(4)5/h14,16,19H,7-13H2,1-6H3. The Morgan fingerprint density at radius 3 is 2.16 bits per heavy atom. The second-order valence-electron chi connectivity index (χ2n) is 6.30. The summed E-state index contributed by atoms with van der Waals surface area (Å²) in [4.78, 5) is 4.58. The fourth-order valence-electron chi connectivity index (χ4n) is 2.37. The quantitative estimate of drug-likeness (QED) is 0.597. The summed E-state index contributed by atoms with van der Waals surface area (Å²) in [5.74, 6) is 0. The molecule has 2 N–H and O–H groups in total. The highest BCUT2D eigenvalue weighted by molar-refractivity contribution is 4.87. The number of likely N-dealkylation sites (N-methyl/N-ethyl adjacent to an activating group) is 2. The Morgan fingerprint density at radius 1 is 1.11 bits per heavy atom. The number of nitrogens with zero attached hydrogens (tertiary/aromatic N) is 2. The van der Waals surface area contributed by atoms with Crippen molar-refractivity contribution in [3.8, 4) is 0 Å². The predicted octanol–water partition coefficient (Wildman–Crippen LogP) is 1.40. The van der Waals surface area contributed by atoms with Gasteiger partial charge >= 0.3 is 0 Å². The molecule has 19 heavy (non-hydrogen) atoms. The number of aliphatic hydroxyl groups excluding tert-OH is 1. The Morgan fingerprint density at radius 2 is 1.74 bits per heavy atom. The van der Waals surface area contributed by atoms with Crippen molar-refractivity contribution >= 4 is 0 Å². The summed E-state index contributed by atoms with van der Waals surface area (Å²) < 4.78 is 0. The molecule has 0 aromatic rings. The van der Waals surface area contributed by atoms with Gasteiger partial charge in [-0.05, 0) is 47.0 Å². The fraction of sp³-hybridized carbons (Fsp3) is 1.00. The van der Waals surface area contributed by atoms with Crippen molar-refractivity contribution in [2.45, 2.75) is 51.6 Å². The molecule has 4 heteroatoms. The predicted molar refractivity (Wildman–Crippen MR) is 83.7 cm³/mol. The van der Waals surface area contributed by atoms with E-state index in [1.54, 1.807) is 0 Å². The van der Waals surface area contributed by atoms with Crippen molar-refractivity contribution < 1.29 is 5.11 Å². The van der Waals surface area contributed by atoms with E-state index in [1.807, 2.05) is 0 Å². The first-order valence-corrected chi connectivity index (χ1v) is 7.57. The van der Waals surface area contributed by atoms with Crippen LogP contribution in [0.1, 0.15) is 40.0 Å². The number of rotatable bonds is 11. The normalized spacial score (nSPS) is 15.5. The van der Waals surface area contributed by atoms with Crippen molar-refractivity contribution in [2.75, 3.05) is 47.4 Å². The molecule has 0 amide bonds. The smallest absolute Gasteiger partial charge is 0.0613 e. The van der Waals surface area contributed by atoms with E-state index in [0.717, 1.165) is 38.9 Å². The largest absolute Gasteiger partial charge is 0.394 e. The number of hydrogen-bond acceptors (Lipinski definition) is 4. The van der Waals surface area contributed by atoms with Crippen molar-refractivity contribution in [1.29, 1.82) is 0 Å². The summed E-state index contributed by atoms with van der Waals surface area (Å²) in [5, 5.41) is 13.2. The lowest BCUT2D eigenvalue weighted by Crippen LogP contribution is -2.51. The third-order valence-electron chi connectivity index (χ3n) is 3.70.